The molecule has 1 atom stereocenters. The number of alkyl halides is 2. The van der Waals surface area contributed by atoms with Crippen molar-refractivity contribution in [3.8, 4) is 5.75 Å². The van der Waals surface area contributed by atoms with E-state index in [2.05, 4.69) is 9.97 Å². The fraction of sp³-hybridized carbons (Fsp3) is 0.389. The first-order valence-electron chi connectivity index (χ1n) is 8.38. The molecule has 1 unspecified atom stereocenters. The number of benzene rings is 1. The molecule has 1 aromatic heterocycles. The lowest BCUT2D eigenvalue weighted by Gasteiger charge is -2.39. The Bertz CT molecular complexity index is 838. The Labute approximate surface area is 155 Å². The first-order valence-corrected chi connectivity index (χ1v) is 8.38. The van der Waals surface area contributed by atoms with E-state index in [0.717, 1.165) is 0 Å². The molecular weight excluding hydrogens is 356 g/mol. The Morgan fingerprint density at radius 1 is 1.33 bits per heavy atom. The smallest absolute Gasteiger partial charge is 0.282 e. The molecule has 2 aromatic rings. The summed E-state index contributed by atoms with van der Waals surface area (Å²) in [6.07, 6.45) is 1.09. The second-order valence-corrected chi connectivity index (χ2v) is 6.48. The van der Waals surface area contributed by atoms with E-state index in [9.17, 15) is 8.78 Å². The van der Waals surface area contributed by atoms with Gasteiger partial charge in [0, 0.05) is 24.4 Å². The van der Waals surface area contributed by atoms with Crippen molar-refractivity contribution in [2.45, 2.75) is 19.0 Å². The summed E-state index contributed by atoms with van der Waals surface area (Å²) in [5.41, 5.74) is 7.20. The van der Waals surface area contributed by atoms with E-state index in [-0.39, 0.29) is 24.9 Å². The van der Waals surface area contributed by atoms with E-state index < -0.39 is 5.92 Å². The molecule has 7 nitrogen and oxygen atoms in total. The van der Waals surface area contributed by atoms with Crippen LogP contribution >= 0.6 is 0 Å². The fourth-order valence-electron chi connectivity index (χ4n) is 2.80. The van der Waals surface area contributed by atoms with Crippen LogP contribution in [0.1, 0.15) is 18.2 Å². The molecular formula is C18H21F2N5O2. The van der Waals surface area contributed by atoms with Gasteiger partial charge >= 0.3 is 0 Å². The number of methoxy groups -OCH3 is 1. The van der Waals surface area contributed by atoms with Crippen LogP contribution in [0.4, 0.5) is 20.3 Å². The topological polar surface area (TPSA) is 97.4 Å². The summed E-state index contributed by atoms with van der Waals surface area (Å²) in [4.78, 5) is 9.54. The zero-order chi connectivity index (χ0) is 19.6. The van der Waals surface area contributed by atoms with Crippen molar-refractivity contribution >= 4 is 17.2 Å². The molecule has 9 heteroatoms. The van der Waals surface area contributed by atoms with E-state index in [1.54, 1.807) is 25.3 Å². The zero-order valence-corrected chi connectivity index (χ0v) is 15.1. The van der Waals surface area contributed by atoms with Gasteiger partial charge in [0.1, 0.15) is 24.0 Å². The lowest BCUT2D eigenvalue weighted by atomic mass is 10.0. The third-order valence-corrected chi connectivity index (χ3v) is 4.11. The minimum Gasteiger partial charge on any atom is -0.488 e. The Morgan fingerprint density at radius 2 is 2.07 bits per heavy atom. The summed E-state index contributed by atoms with van der Waals surface area (Å²) in [7, 11) is 1.59. The molecule has 1 aliphatic rings. The van der Waals surface area contributed by atoms with Gasteiger partial charge in [-0.2, -0.15) is 0 Å². The van der Waals surface area contributed by atoms with Crippen LogP contribution in [0.3, 0.4) is 0 Å². The van der Waals surface area contributed by atoms with Crippen LogP contribution in [0.2, 0.25) is 0 Å². The monoisotopic (exact) mass is 377 g/mol. The fourth-order valence-corrected chi connectivity index (χ4v) is 2.80. The summed E-state index contributed by atoms with van der Waals surface area (Å²) in [5.74, 6) is -1.80. The minimum atomic E-state index is -2.70. The number of ether oxygens (including phenoxy) is 2. The molecule has 144 valence electrons. The van der Waals surface area contributed by atoms with E-state index >= 15 is 0 Å². The van der Waals surface area contributed by atoms with Crippen molar-refractivity contribution in [1.82, 2.24) is 9.97 Å². The number of nitrogen functional groups attached to an aromatic ring is 1. The van der Waals surface area contributed by atoms with Crippen LogP contribution in [0.5, 0.6) is 5.75 Å². The SMILES string of the molecule is COCC(C)Oc1ccc(N)c(C(=N)c2cc(N3CC(F)(F)C3)ncn2)c1. The molecule has 27 heavy (non-hydrogen) atoms. The van der Waals surface area contributed by atoms with Crippen molar-refractivity contribution in [2.24, 2.45) is 0 Å². The molecule has 3 rings (SSSR count). The van der Waals surface area contributed by atoms with Gasteiger partial charge in [0.15, 0.2) is 0 Å². The third kappa shape index (κ3) is 4.30. The molecule has 0 saturated carbocycles. The molecule has 1 aliphatic heterocycles. The molecule has 3 N–H and O–H groups in total. The van der Waals surface area contributed by atoms with Crippen molar-refractivity contribution < 1.29 is 18.3 Å². The molecule has 1 aromatic carbocycles. The van der Waals surface area contributed by atoms with Gasteiger partial charge in [-0.1, -0.05) is 0 Å². The maximum absolute atomic E-state index is 13.1. The molecule has 0 amide bonds. The van der Waals surface area contributed by atoms with Crippen molar-refractivity contribution in [2.75, 3.05) is 37.4 Å². The number of nitrogens with two attached hydrogens (primary N) is 1. The van der Waals surface area contributed by atoms with Crippen molar-refractivity contribution in [1.29, 1.82) is 5.41 Å². The van der Waals surface area contributed by atoms with Crippen LogP contribution in [0.15, 0.2) is 30.6 Å². The molecule has 0 spiro atoms. The number of nitrogens with one attached hydrogen (secondary N) is 1. The Balaban J connectivity index is 1.81. The Kier molecular flexibility index (Phi) is 5.22. The predicted octanol–water partition coefficient (Wildman–Crippen LogP) is 2.34. The van der Waals surface area contributed by atoms with Crippen LogP contribution in [0.25, 0.3) is 0 Å². The average Bonchev–Trinajstić information content (AvgIpc) is 2.61. The highest BCUT2D eigenvalue weighted by Crippen LogP contribution is 2.31. The van der Waals surface area contributed by atoms with Crippen molar-refractivity contribution in [3.63, 3.8) is 0 Å². The van der Waals surface area contributed by atoms with Crippen molar-refractivity contribution in [3.05, 3.63) is 41.9 Å². The molecule has 1 fully saturated rings. The summed E-state index contributed by atoms with van der Waals surface area (Å²) < 4.78 is 37.0. The molecule has 0 bridgehead atoms. The zero-order valence-electron chi connectivity index (χ0n) is 15.1. The van der Waals surface area contributed by atoms with E-state index in [1.165, 1.54) is 17.3 Å². The average molecular weight is 377 g/mol. The highest BCUT2D eigenvalue weighted by atomic mass is 19.3. The third-order valence-electron chi connectivity index (χ3n) is 4.11. The molecule has 0 aliphatic carbocycles. The maximum Gasteiger partial charge on any atom is 0.282 e. The quantitative estimate of drug-likeness (QED) is 0.568. The molecule has 1 saturated heterocycles. The van der Waals surface area contributed by atoms with Gasteiger partial charge in [0.05, 0.1) is 31.1 Å². The Morgan fingerprint density at radius 3 is 2.74 bits per heavy atom. The lowest BCUT2D eigenvalue weighted by Crippen LogP contribution is -2.56. The highest BCUT2D eigenvalue weighted by Gasteiger charge is 2.44. The number of aromatic nitrogens is 2. The van der Waals surface area contributed by atoms with Gasteiger partial charge in [-0.05, 0) is 25.1 Å². The van der Waals surface area contributed by atoms with Gasteiger partial charge < -0.3 is 20.1 Å². The van der Waals surface area contributed by atoms with Gasteiger partial charge in [0.25, 0.3) is 5.92 Å². The lowest BCUT2D eigenvalue weighted by molar-refractivity contribution is -0.0267. The Hall–Kier alpha value is -2.81. The second-order valence-electron chi connectivity index (χ2n) is 6.48. The maximum atomic E-state index is 13.1. The van der Waals surface area contributed by atoms with Crippen LogP contribution < -0.4 is 15.4 Å². The molecule has 0 radical (unpaired) electrons. The summed E-state index contributed by atoms with van der Waals surface area (Å²) >= 11 is 0. The van der Waals surface area contributed by atoms with E-state index in [0.29, 0.717) is 35.1 Å². The second kappa shape index (κ2) is 7.43. The number of hydrogen-bond donors (Lipinski definition) is 2. The first kappa shape index (κ1) is 19.0. The largest absolute Gasteiger partial charge is 0.488 e. The first-order chi connectivity index (χ1) is 12.8. The highest BCUT2D eigenvalue weighted by molar-refractivity contribution is 6.13. The number of rotatable bonds is 7. The number of hydrogen-bond acceptors (Lipinski definition) is 7. The summed E-state index contributed by atoms with van der Waals surface area (Å²) in [6.45, 7) is 1.51. The van der Waals surface area contributed by atoms with Crippen LogP contribution in [-0.4, -0.2) is 54.5 Å². The predicted molar refractivity (Wildman–Crippen MR) is 97.9 cm³/mol. The number of anilines is 2. The molecule has 2 heterocycles. The van der Waals surface area contributed by atoms with E-state index in [4.69, 9.17) is 20.6 Å². The standard InChI is InChI=1S/C18H21F2N5O2/c1-11(7-26-2)27-12-3-4-14(21)13(5-12)17(22)15-6-16(24-10-23-15)25-8-18(19,20)9-25/h3-6,10-11,22H,7-9,21H2,1-2H3. The summed E-state index contributed by atoms with van der Waals surface area (Å²) in [6, 6.07) is 6.53. The normalized spacial score (nSPS) is 16.5. The minimum absolute atomic E-state index is 0.0632. The van der Waals surface area contributed by atoms with Gasteiger partial charge in [-0.25, -0.2) is 18.7 Å². The van der Waals surface area contributed by atoms with Crippen LogP contribution in [-0.2, 0) is 4.74 Å². The number of nitrogens with zero attached hydrogens (tertiary/aromatic N) is 3. The number of halogens is 2. The van der Waals surface area contributed by atoms with Crippen LogP contribution in [0, 0.1) is 5.41 Å². The summed E-state index contributed by atoms with van der Waals surface area (Å²) in [5, 5.41) is 8.45. The van der Waals surface area contributed by atoms with E-state index in [1.807, 2.05) is 6.92 Å². The van der Waals surface area contributed by atoms with Gasteiger partial charge in [-0.3, -0.25) is 5.41 Å². The van der Waals surface area contributed by atoms with Gasteiger partial charge in [0.2, 0.25) is 0 Å². The van der Waals surface area contributed by atoms with Gasteiger partial charge in [-0.15, -0.1) is 0 Å².